The molecule has 0 amide bonds. The SMILES string of the molecule is C[CH2][Al+][CH2]O. The van der Waals surface area contributed by atoms with E-state index in [1.165, 1.54) is 5.28 Å². The van der Waals surface area contributed by atoms with Gasteiger partial charge >= 0.3 is 38.0 Å². The van der Waals surface area contributed by atoms with Crippen molar-refractivity contribution in [2.45, 2.75) is 12.2 Å². The van der Waals surface area contributed by atoms with Crippen LogP contribution < -0.4 is 0 Å². The van der Waals surface area contributed by atoms with Crippen LogP contribution in [0, 0.1) is 0 Å². The van der Waals surface area contributed by atoms with Crippen LogP contribution in [0.1, 0.15) is 6.92 Å². The molecule has 0 unspecified atom stereocenters. The second-order valence-electron chi connectivity index (χ2n) is 0.879. The maximum absolute atomic E-state index is 8.10. The number of aliphatic hydroxyl groups excluding tert-OH is 1. The van der Waals surface area contributed by atoms with E-state index in [-0.39, 0.29) is 0 Å². The third-order valence-corrected chi connectivity index (χ3v) is 1.25. The van der Waals surface area contributed by atoms with Gasteiger partial charge in [0.1, 0.15) is 0 Å². The van der Waals surface area contributed by atoms with Gasteiger partial charge in [-0.3, -0.25) is 0 Å². The predicted molar refractivity (Wildman–Crippen MR) is 23.3 cm³/mol. The fraction of sp³-hybridized carbons (Fsp3) is 1.00. The Kier molecular flexibility index (Phi) is 4.93. The average Bonchev–Trinajstić information content (AvgIpc) is 1.41. The molecule has 0 aromatic rings. The van der Waals surface area contributed by atoms with Crippen molar-refractivity contribution < 1.29 is 5.11 Å². The van der Waals surface area contributed by atoms with Crippen LogP contribution in [0.15, 0.2) is 0 Å². The van der Waals surface area contributed by atoms with Gasteiger partial charge in [0.05, 0.1) is 0 Å². The Morgan fingerprint density at radius 3 is 2.40 bits per heavy atom. The molecule has 0 heterocycles. The molecule has 0 rings (SSSR count). The first kappa shape index (κ1) is 5.49. The summed E-state index contributed by atoms with van der Waals surface area (Å²) in [4.78, 5) is 0. The Labute approximate surface area is 38.7 Å². The maximum atomic E-state index is 8.10. The molecule has 0 atom stereocenters. The van der Waals surface area contributed by atoms with Gasteiger partial charge in [0.25, 0.3) is 0 Å². The second-order valence-corrected chi connectivity index (χ2v) is 2.64. The van der Waals surface area contributed by atoms with Gasteiger partial charge in [-0.2, -0.15) is 0 Å². The van der Waals surface area contributed by atoms with Crippen molar-refractivity contribution in [3.63, 3.8) is 0 Å². The minimum atomic E-state index is 0.370. The van der Waals surface area contributed by atoms with Crippen LogP contribution in [-0.2, 0) is 0 Å². The molecule has 0 bridgehead atoms. The Balaban J connectivity index is 2.19. The van der Waals surface area contributed by atoms with E-state index in [4.69, 9.17) is 5.11 Å². The van der Waals surface area contributed by atoms with Crippen molar-refractivity contribution in [3.8, 4) is 0 Å². The molecule has 0 aliphatic rings. The zero-order valence-corrected chi connectivity index (χ0v) is 4.59. The van der Waals surface area contributed by atoms with Crippen molar-refractivity contribution in [1.29, 1.82) is 0 Å². The van der Waals surface area contributed by atoms with Crippen LogP contribution in [0.4, 0.5) is 0 Å². The van der Waals surface area contributed by atoms with Crippen LogP contribution in [0.5, 0.6) is 0 Å². The van der Waals surface area contributed by atoms with Crippen LogP contribution in [0.25, 0.3) is 0 Å². The summed E-state index contributed by atoms with van der Waals surface area (Å²) in [6.07, 6.45) is 0. The topological polar surface area (TPSA) is 20.2 Å². The average molecular weight is 87.1 g/mol. The van der Waals surface area contributed by atoms with Gasteiger partial charge in [-0.15, -0.1) is 0 Å². The molecule has 0 aliphatic heterocycles. The Hall–Kier alpha value is 0.492. The van der Waals surface area contributed by atoms with Crippen LogP contribution >= 0.6 is 0 Å². The number of hydrogen-bond acceptors (Lipinski definition) is 1. The van der Waals surface area contributed by atoms with E-state index in [1.807, 2.05) is 0 Å². The van der Waals surface area contributed by atoms with Gasteiger partial charge in [-0.25, -0.2) is 0 Å². The Morgan fingerprint density at radius 1 is 1.80 bits per heavy atom. The summed E-state index contributed by atoms with van der Waals surface area (Å²) in [6, 6.07) is 0. The standard InChI is InChI=1S/C2H5.CH3O.Al/c2*1-2;/h1H2,2H3;2H,1H2;/q;;+1. The van der Waals surface area contributed by atoms with E-state index < -0.39 is 0 Å². The molecule has 0 spiro atoms. The molecule has 1 N–H and O–H groups in total. The van der Waals surface area contributed by atoms with Crippen molar-refractivity contribution in [1.82, 2.24) is 0 Å². The molecule has 1 nitrogen and oxygen atoms in total. The van der Waals surface area contributed by atoms with E-state index >= 15 is 0 Å². The first-order valence-corrected chi connectivity index (χ1v) is 3.47. The number of hydrogen-bond donors (Lipinski definition) is 1. The fourth-order valence-corrected chi connectivity index (χ4v) is 0.387. The summed E-state index contributed by atoms with van der Waals surface area (Å²) in [6.45, 7) is 2.09. The molecule has 5 heavy (non-hydrogen) atoms. The number of aliphatic hydroxyl groups is 1. The number of rotatable bonds is 2. The first-order chi connectivity index (χ1) is 2.41. The van der Waals surface area contributed by atoms with Crippen LogP contribution in [0.2, 0.25) is 5.28 Å². The van der Waals surface area contributed by atoms with E-state index in [0.29, 0.717) is 20.7 Å². The summed E-state index contributed by atoms with van der Waals surface area (Å²) < 4.78 is 0. The Morgan fingerprint density at radius 2 is 2.40 bits per heavy atom. The van der Waals surface area contributed by atoms with Crippen molar-refractivity contribution in [3.05, 3.63) is 0 Å². The van der Waals surface area contributed by atoms with Crippen molar-refractivity contribution in [2.75, 3.05) is 5.47 Å². The molecule has 0 aromatic carbocycles. The van der Waals surface area contributed by atoms with Crippen LogP contribution in [-0.4, -0.2) is 25.8 Å². The first-order valence-electron chi connectivity index (χ1n) is 1.84. The second kappa shape index (κ2) is 4.49. The summed E-state index contributed by atoms with van der Waals surface area (Å²) in [7, 11) is 0. The molecular weight excluding hydrogens is 79.0 g/mol. The zero-order chi connectivity index (χ0) is 4.12. The van der Waals surface area contributed by atoms with Gasteiger partial charge < -0.3 is 0 Å². The van der Waals surface area contributed by atoms with Gasteiger partial charge in [0.15, 0.2) is 0 Å². The third kappa shape index (κ3) is 4.49. The van der Waals surface area contributed by atoms with Gasteiger partial charge in [0.2, 0.25) is 0 Å². The molecule has 2 heteroatoms. The van der Waals surface area contributed by atoms with Crippen molar-refractivity contribution >= 4 is 15.2 Å². The zero-order valence-electron chi connectivity index (χ0n) is 3.44. The molecule has 0 aromatic heterocycles. The summed E-state index contributed by atoms with van der Waals surface area (Å²) in [5, 5.41) is 9.28. The van der Waals surface area contributed by atoms with E-state index in [1.54, 1.807) is 0 Å². The van der Waals surface area contributed by atoms with Crippen LogP contribution in [0.3, 0.4) is 0 Å². The molecule has 0 radical (unpaired) electrons. The van der Waals surface area contributed by atoms with Gasteiger partial charge in [0, 0.05) is 0 Å². The molecular formula is C3H8AlO+. The van der Waals surface area contributed by atoms with E-state index in [9.17, 15) is 0 Å². The van der Waals surface area contributed by atoms with Crippen molar-refractivity contribution in [2.24, 2.45) is 0 Å². The monoisotopic (exact) mass is 87.0 g/mol. The van der Waals surface area contributed by atoms with E-state index in [2.05, 4.69) is 6.92 Å². The summed E-state index contributed by atoms with van der Waals surface area (Å²) >= 11 is 0.370. The molecule has 0 saturated carbocycles. The third-order valence-electron chi connectivity index (χ3n) is 0.418. The predicted octanol–water partition coefficient (Wildman–Crippen LogP) is 0.0786. The minimum absolute atomic E-state index is 0.370. The quantitative estimate of drug-likeness (QED) is 0.473. The van der Waals surface area contributed by atoms with E-state index in [0.717, 1.165) is 0 Å². The molecule has 28 valence electrons. The Bertz CT molecular complexity index is 14.4. The molecule has 0 saturated heterocycles. The summed E-state index contributed by atoms with van der Waals surface area (Å²) in [5.74, 6) is 0. The normalized spacial score (nSPS) is 6.80. The molecule has 0 fully saturated rings. The summed E-state index contributed by atoms with van der Waals surface area (Å²) in [5.41, 5.74) is 0.427. The fourth-order valence-electron chi connectivity index (χ4n) is 0.129. The van der Waals surface area contributed by atoms with Gasteiger partial charge in [-0.05, 0) is 0 Å². The molecule has 0 aliphatic carbocycles. The van der Waals surface area contributed by atoms with Gasteiger partial charge in [-0.1, -0.05) is 0 Å².